The number of nitrogens with zero attached hydrogens (tertiary/aromatic N) is 1. The molecule has 5 aliphatic carbocycles. The summed E-state index contributed by atoms with van der Waals surface area (Å²) in [5.41, 5.74) is 6.10. The molecule has 2 aromatic carbocycles. The van der Waals surface area contributed by atoms with Crippen molar-refractivity contribution in [2.45, 2.75) is 156 Å². The predicted octanol–water partition coefficient (Wildman–Crippen LogP) is 11.2. The van der Waals surface area contributed by atoms with Crippen LogP contribution >= 0.6 is 0 Å². The minimum atomic E-state index is -0.668. The Bertz CT molecular complexity index is 2000. The van der Waals surface area contributed by atoms with E-state index in [-0.39, 0.29) is 55.5 Å². The molecule has 3 saturated carbocycles. The molecule has 5 aliphatic rings. The molecular weight excluding hydrogens is 813 g/mol. The monoisotopic (exact) mass is 893 g/mol. The molecular formula is C55H80N4O6. The number of alkyl carbamates (subject to hydrolysis) is 1. The lowest BCUT2D eigenvalue weighted by Crippen LogP contribution is -2.53. The second kappa shape index (κ2) is 20.7. The fourth-order valence-corrected chi connectivity index (χ4v) is 13.4. The summed E-state index contributed by atoms with van der Waals surface area (Å²) in [6.45, 7) is 19.2. The number of fused-ring (bicyclic) bond motifs is 8. The van der Waals surface area contributed by atoms with Crippen molar-refractivity contribution in [3.8, 4) is 11.1 Å². The lowest BCUT2D eigenvalue weighted by Gasteiger charge is -2.59. The molecule has 0 aromatic heterocycles. The number of amides is 4. The van der Waals surface area contributed by atoms with Crippen molar-refractivity contribution >= 4 is 24.0 Å². The summed E-state index contributed by atoms with van der Waals surface area (Å²) in [6, 6.07) is 16.3. The molecule has 7 rings (SSSR count). The number of carbonyl (C=O) groups excluding carboxylic acids is 4. The molecule has 65 heavy (non-hydrogen) atoms. The largest absolute Gasteiger partial charge is 0.449 e. The van der Waals surface area contributed by atoms with Crippen LogP contribution < -0.4 is 16.0 Å². The lowest BCUT2D eigenvalue weighted by atomic mass is 9.46. The summed E-state index contributed by atoms with van der Waals surface area (Å²) >= 11 is 0. The second-order valence-corrected chi connectivity index (χ2v) is 22.3. The zero-order valence-corrected chi connectivity index (χ0v) is 40.9. The highest BCUT2D eigenvalue weighted by atomic mass is 16.6. The van der Waals surface area contributed by atoms with E-state index >= 15 is 0 Å². The van der Waals surface area contributed by atoms with Crippen LogP contribution in [0, 0.1) is 46.3 Å². The van der Waals surface area contributed by atoms with E-state index in [9.17, 15) is 19.2 Å². The average Bonchev–Trinajstić information content (AvgIpc) is 3.78. The Morgan fingerprint density at radius 1 is 0.800 bits per heavy atom. The van der Waals surface area contributed by atoms with Gasteiger partial charge in [0.25, 0.3) is 0 Å². The molecule has 10 nitrogen and oxygen atoms in total. The van der Waals surface area contributed by atoms with Gasteiger partial charge in [0, 0.05) is 38.0 Å². The highest BCUT2D eigenvalue weighted by Crippen LogP contribution is 2.67. The Morgan fingerprint density at radius 2 is 1.49 bits per heavy atom. The van der Waals surface area contributed by atoms with E-state index in [1.165, 1.54) is 51.4 Å². The van der Waals surface area contributed by atoms with E-state index in [1.54, 1.807) is 5.57 Å². The van der Waals surface area contributed by atoms with E-state index in [1.807, 2.05) is 49.9 Å². The number of hydrogen-bond donors (Lipinski definition) is 3. The van der Waals surface area contributed by atoms with Crippen LogP contribution in [-0.2, 0) is 19.1 Å². The minimum Gasteiger partial charge on any atom is -0.449 e. The Morgan fingerprint density at radius 3 is 2.18 bits per heavy atom. The number of nitrogens with one attached hydrogen (secondary N) is 3. The molecule has 3 fully saturated rings. The first kappa shape index (κ1) is 48.6. The molecule has 0 unspecified atom stereocenters. The van der Waals surface area contributed by atoms with Crippen LogP contribution in [0.1, 0.15) is 156 Å². The Hall–Kier alpha value is -4.34. The van der Waals surface area contributed by atoms with Gasteiger partial charge in [-0.25, -0.2) is 9.59 Å². The molecule has 356 valence electrons. The van der Waals surface area contributed by atoms with Gasteiger partial charge in [-0.2, -0.15) is 0 Å². The summed E-state index contributed by atoms with van der Waals surface area (Å²) < 4.78 is 11.5. The zero-order chi connectivity index (χ0) is 46.5. The maximum absolute atomic E-state index is 13.8. The summed E-state index contributed by atoms with van der Waals surface area (Å²) in [7, 11) is 0. The molecule has 0 saturated heterocycles. The van der Waals surface area contributed by atoms with Gasteiger partial charge in [0.05, 0.1) is 6.54 Å². The summed E-state index contributed by atoms with van der Waals surface area (Å²) in [5.74, 6) is 4.07. The van der Waals surface area contributed by atoms with Crippen molar-refractivity contribution in [3.05, 3.63) is 71.3 Å². The molecule has 8 atom stereocenters. The first-order chi connectivity index (χ1) is 31.0. The van der Waals surface area contributed by atoms with Crippen LogP contribution in [0.25, 0.3) is 11.1 Å². The number of carbonyl (C=O) groups is 4. The molecule has 0 heterocycles. The third-order valence-electron chi connectivity index (χ3n) is 16.7. The maximum atomic E-state index is 13.8. The number of benzene rings is 2. The van der Waals surface area contributed by atoms with Crippen molar-refractivity contribution in [3.63, 3.8) is 0 Å². The maximum Gasteiger partial charge on any atom is 0.410 e. The van der Waals surface area contributed by atoms with Gasteiger partial charge in [-0.05, 0) is 147 Å². The number of ether oxygens (including phenoxy) is 2. The minimum absolute atomic E-state index is 0.0603. The number of rotatable bonds is 17. The molecule has 2 aromatic rings. The average molecular weight is 893 g/mol. The van der Waals surface area contributed by atoms with Crippen molar-refractivity contribution in [1.29, 1.82) is 0 Å². The van der Waals surface area contributed by atoms with Crippen molar-refractivity contribution in [2.75, 3.05) is 32.8 Å². The Kier molecular flexibility index (Phi) is 15.5. The topological polar surface area (TPSA) is 126 Å². The molecule has 0 spiro atoms. The van der Waals surface area contributed by atoms with Gasteiger partial charge in [0.1, 0.15) is 12.2 Å². The van der Waals surface area contributed by atoms with Crippen LogP contribution in [0.2, 0.25) is 0 Å². The first-order valence-corrected chi connectivity index (χ1v) is 25.3. The lowest BCUT2D eigenvalue weighted by molar-refractivity contribution is -0.122. The van der Waals surface area contributed by atoms with Gasteiger partial charge < -0.3 is 30.3 Å². The van der Waals surface area contributed by atoms with E-state index in [4.69, 9.17) is 9.47 Å². The first-order valence-electron chi connectivity index (χ1n) is 25.3. The molecule has 4 amide bonds. The van der Waals surface area contributed by atoms with Crippen LogP contribution in [0.5, 0.6) is 0 Å². The molecule has 3 N–H and O–H groups in total. The van der Waals surface area contributed by atoms with E-state index in [0.717, 1.165) is 71.1 Å². The summed E-state index contributed by atoms with van der Waals surface area (Å²) in [5, 5.41) is 8.20. The fraction of sp³-hybridized carbons (Fsp3) is 0.673. The van der Waals surface area contributed by atoms with Gasteiger partial charge in [0.2, 0.25) is 11.8 Å². The summed E-state index contributed by atoms with van der Waals surface area (Å²) in [6.07, 6.45) is 16.0. The normalized spacial score (nSPS) is 27.2. The molecule has 0 radical (unpaired) electrons. The van der Waals surface area contributed by atoms with Gasteiger partial charge >= 0.3 is 12.2 Å². The van der Waals surface area contributed by atoms with Crippen LogP contribution in [-0.4, -0.2) is 73.3 Å². The predicted molar refractivity (Wildman–Crippen MR) is 258 cm³/mol. The third-order valence-corrected chi connectivity index (χ3v) is 16.7. The van der Waals surface area contributed by atoms with E-state index in [0.29, 0.717) is 30.8 Å². The third kappa shape index (κ3) is 11.1. The van der Waals surface area contributed by atoms with Gasteiger partial charge in [-0.15, -0.1) is 0 Å². The number of hydrogen-bond acceptors (Lipinski definition) is 6. The Labute approximate surface area is 390 Å². The quantitative estimate of drug-likeness (QED) is 0.107. The second-order valence-electron chi connectivity index (χ2n) is 22.3. The molecule has 0 bridgehead atoms. The summed E-state index contributed by atoms with van der Waals surface area (Å²) in [4.78, 5) is 53.6. The van der Waals surface area contributed by atoms with Crippen LogP contribution in [0.15, 0.2) is 60.2 Å². The smallest absolute Gasteiger partial charge is 0.410 e. The van der Waals surface area contributed by atoms with Crippen molar-refractivity contribution < 1.29 is 28.7 Å². The Balaban J connectivity index is 0.841. The highest BCUT2D eigenvalue weighted by molar-refractivity contribution is 5.83. The highest BCUT2D eigenvalue weighted by Gasteiger charge is 2.59. The SMILES string of the molecule is CC(C)CCC[C@@H](C)[C@H]1CC[C@H]2[C@@H]3CC=C4C[C@@H](N(CCCNC(=O)CCNC(=O)CNC(=O)OCC5c6ccccc6-c6ccccc65)C(=O)OC(C)(C)C)CC[C@]4(C)[C@H]3CC[C@]12C. The molecule has 0 aliphatic heterocycles. The van der Waals surface area contributed by atoms with Gasteiger partial charge in [0.15, 0.2) is 0 Å². The standard InChI is InChI=1S/C55H80N4O6/c1-36(2)15-13-16-37(3)46-23-24-47-44-22-21-38-33-39(25-28-54(38,7)48(44)26-29-55(46,47)8)59(52(63)65-53(4,5)6)32-14-30-56-49(60)27-31-57-50(61)34-58-51(62)64-35-45-42-19-11-9-17-40(42)41-18-10-12-20-43(41)45/h9-12,17-21,36-37,39,44-48H,13-16,22-35H2,1-8H3,(H,56,60)(H,57,61)(H,58,62)/t37-,39+,44+,46-,47+,48+,54+,55-/m1/s1. The number of allylic oxidation sites excluding steroid dienone is 1. The molecule has 10 heteroatoms. The van der Waals surface area contributed by atoms with Crippen molar-refractivity contribution in [2.24, 2.45) is 46.3 Å². The van der Waals surface area contributed by atoms with Crippen LogP contribution in [0.3, 0.4) is 0 Å². The van der Waals surface area contributed by atoms with Gasteiger partial charge in [-0.1, -0.05) is 114 Å². The van der Waals surface area contributed by atoms with Gasteiger partial charge in [-0.3, -0.25) is 9.59 Å². The van der Waals surface area contributed by atoms with E-state index < -0.39 is 17.6 Å². The van der Waals surface area contributed by atoms with Crippen LogP contribution in [0.4, 0.5) is 9.59 Å². The fourth-order valence-electron chi connectivity index (χ4n) is 13.4. The zero-order valence-electron chi connectivity index (χ0n) is 40.9. The van der Waals surface area contributed by atoms with Crippen molar-refractivity contribution in [1.82, 2.24) is 20.9 Å². The van der Waals surface area contributed by atoms with E-state index in [2.05, 4.69) is 80.9 Å².